The van der Waals surface area contributed by atoms with E-state index in [0.29, 0.717) is 43.5 Å². The average molecular weight is 366 g/mol. The molecule has 1 N–H and O–H groups in total. The predicted octanol–water partition coefficient (Wildman–Crippen LogP) is 2.20. The van der Waals surface area contributed by atoms with E-state index < -0.39 is 0 Å². The summed E-state index contributed by atoms with van der Waals surface area (Å²) in [5.74, 6) is 1.37. The number of nitrogens with zero attached hydrogens (tertiary/aromatic N) is 5. The summed E-state index contributed by atoms with van der Waals surface area (Å²) in [4.78, 5) is 23.4. The molecule has 8 heteroatoms. The van der Waals surface area contributed by atoms with Gasteiger partial charge < -0.3 is 15.0 Å². The number of rotatable bonds is 3. The fraction of sp³-hybridized carbons (Fsp3) is 0.368. The first-order chi connectivity index (χ1) is 13.0. The third-order valence-corrected chi connectivity index (χ3v) is 4.77. The van der Waals surface area contributed by atoms with E-state index in [-0.39, 0.29) is 5.91 Å². The highest BCUT2D eigenvalue weighted by molar-refractivity contribution is 5.95. The average Bonchev–Trinajstić information content (AvgIpc) is 2.97. The standard InChI is InChI=1S/C19H22N6O2/c1-12-16-17(23-24(12)3)18(21-13(2)20-16)22-15-6-4-14(5-7-15)19(26)25-8-10-27-11-9-25/h4-7H,8-11H2,1-3H3,(H,20,21,22). The van der Waals surface area contributed by atoms with Crippen molar-refractivity contribution in [3.05, 3.63) is 41.3 Å². The molecule has 1 saturated heterocycles. The summed E-state index contributed by atoms with van der Waals surface area (Å²) >= 11 is 0. The summed E-state index contributed by atoms with van der Waals surface area (Å²) in [7, 11) is 1.89. The van der Waals surface area contributed by atoms with Crippen LogP contribution in [0.1, 0.15) is 21.9 Å². The summed E-state index contributed by atoms with van der Waals surface area (Å²) in [6.45, 7) is 6.31. The van der Waals surface area contributed by atoms with Crippen LogP contribution in [0.25, 0.3) is 11.0 Å². The molecule has 0 aliphatic carbocycles. The van der Waals surface area contributed by atoms with Gasteiger partial charge in [0.05, 0.1) is 18.9 Å². The number of hydrogen-bond acceptors (Lipinski definition) is 6. The molecule has 2 aromatic heterocycles. The number of fused-ring (bicyclic) bond motifs is 1. The Morgan fingerprint density at radius 3 is 2.48 bits per heavy atom. The number of benzene rings is 1. The molecule has 8 nitrogen and oxygen atoms in total. The number of hydrogen-bond donors (Lipinski definition) is 1. The quantitative estimate of drug-likeness (QED) is 0.765. The minimum Gasteiger partial charge on any atom is -0.378 e. The van der Waals surface area contributed by atoms with Gasteiger partial charge in [0.2, 0.25) is 0 Å². The fourth-order valence-corrected chi connectivity index (χ4v) is 3.16. The number of morpholine rings is 1. The highest BCUT2D eigenvalue weighted by Gasteiger charge is 2.18. The van der Waals surface area contributed by atoms with Crippen molar-refractivity contribution in [1.29, 1.82) is 0 Å². The van der Waals surface area contributed by atoms with Crippen molar-refractivity contribution in [3.8, 4) is 0 Å². The lowest BCUT2D eigenvalue weighted by Crippen LogP contribution is -2.40. The molecule has 1 amide bonds. The minimum absolute atomic E-state index is 0.0328. The van der Waals surface area contributed by atoms with Crippen LogP contribution < -0.4 is 5.32 Å². The Morgan fingerprint density at radius 2 is 1.78 bits per heavy atom. The Balaban J connectivity index is 1.58. The van der Waals surface area contributed by atoms with Crippen LogP contribution in [0.4, 0.5) is 11.5 Å². The number of ether oxygens (including phenoxy) is 1. The lowest BCUT2D eigenvalue weighted by molar-refractivity contribution is 0.0303. The zero-order valence-corrected chi connectivity index (χ0v) is 15.7. The monoisotopic (exact) mass is 366 g/mol. The SMILES string of the molecule is Cc1nc(Nc2ccc(C(=O)N3CCOCC3)cc2)c2nn(C)c(C)c2n1. The third-order valence-electron chi connectivity index (χ3n) is 4.77. The smallest absolute Gasteiger partial charge is 0.254 e. The molecule has 3 aromatic rings. The topological polar surface area (TPSA) is 85.2 Å². The molecule has 1 aromatic carbocycles. The molecule has 0 unspecified atom stereocenters. The molecule has 0 saturated carbocycles. The van der Waals surface area contributed by atoms with Gasteiger partial charge >= 0.3 is 0 Å². The van der Waals surface area contributed by atoms with Crippen molar-refractivity contribution in [2.24, 2.45) is 7.05 Å². The number of anilines is 2. The van der Waals surface area contributed by atoms with E-state index in [1.807, 2.05) is 50.1 Å². The van der Waals surface area contributed by atoms with E-state index in [4.69, 9.17) is 4.74 Å². The van der Waals surface area contributed by atoms with Gasteiger partial charge in [0, 0.05) is 31.4 Å². The zero-order valence-electron chi connectivity index (χ0n) is 15.7. The maximum absolute atomic E-state index is 12.5. The molecule has 1 aliphatic heterocycles. The summed E-state index contributed by atoms with van der Waals surface area (Å²) < 4.78 is 7.10. The molecule has 0 bridgehead atoms. The van der Waals surface area contributed by atoms with Crippen LogP contribution in [0.2, 0.25) is 0 Å². The van der Waals surface area contributed by atoms with Crippen molar-refractivity contribution >= 4 is 28.4 Å². The zero-order chi connectivity index (χ0) is 19.0. The van der Waals surface area contributed by atoms with E-state index in [9.17, 15) is 4.79 Å². The Bertz CT molecular complexity index is 990. The number of carbonyl (C=O) groups excluding carboxylic acids is 1. The van der Waals surface area contributed by atoms with Gasteiger partial charge in [0.25, 0.3) is 5.91 Å². The van der Waals surface area contributed by atoms with Crippen molar-refractivity contribution in [1.82, 2.24) is 24.6 Å². The molecule has 0 radical (unpaired) electrons. The summed E-state index contributed by atoms with van der Waals surface area (Å²) in [6, 6.07) is 7.42. The Labute approximate surface area is 157 Å². The maximum Gasteiger partial charge on any atom is 0.254 e. The Hall–Kier alpha value is -3.00. The summed E-state index contributed by atoms with van der Waals surface area (Å²) in [5.41, 5.74) is 4.07. The minimum atomic E-state index is 0.0328. The number of aromatic nitrogens is 4. The van der Waals surface area contributed by atoms with Gasteiger partial charge in [-0.3, -0.25) is 9.48 Å². The van der Waals surface area contributed by atoms with Crippen molar-refractivity contribution in [3.63, 3.8) is 0 Å². The van der Waals surface area contributed by atoms with Crippen LogP contribution in [0.15, 0.2) is 24.3 Å². The van der Waals surface area contributed by atoms with Gasteiger partial charge in [-0.2, -0.15) is 5.10 Å². The van der Waals surface area contributed by atoms with Crippen LogP contribution in [-0.4, -0.2) is 56.9 Å². The third kappa shape index (κ3) is 3.35. The van der Waals surface area contributed by atoms with Crippen molar-refractivity contribution in [2.45, 2.75) is 13.8 Å². The molecule has 1 aliphatic rings. The van der Waals surface area contributed by atoms with Crippen LogP contribution in [0.3, 0.4) is 0 Å². The molecule has 140 valence electrons. The molecule has 27 heavy (non-hydrogen) atoms. The number of carbonyl (C=O) groups is 1. The summed E-state index contributed by atoms with van der Waals surface area (Å²) in [5, 5.41) is 7.82. The van der Waals surface area contributed by atoms with Crippen LogP contribution in [-0.2, 0) is 11.8 Å². The number of nitrogens with one attached hydrogen (secondary N) is 1. The first kappa shape index (κ1) is 17.4. The summed E-state index contributed by atoms with van der Waals surface area (Å²) in [6.07, 6.45) is 0. The van der Waals surface area contributed by atoms with Gasteiger partial charge in [-0.05, 0) is 38.1 Å². The second kappa shape index (κ2) is 6.96. The second-order valence-corrected chi connectivity index (χ2v) is 6.63. The largest absolute Gasteiger partial charge is 0.378 e. The van der Waals surface area contributed by atoms with E-state index in [1.165, 1.54) is 0 Å². The van der Waals surface area contributed by atoms with E-state index in [1.54, 1.807) is 4.68 Å². The van der Waals surface area contributed by atoms with Crippen molar-refractivity contribution in [2.75, 3.05) is 31.6 Å². The molecule has 3 heterocycles. The molecule has 1 fully saturated rings. The molecular weight excluding hydrogens is 344 g/mol. The van der Waals surface area contributed by atoms with Gasteiger partial charge in [-0.1, -0.05) is 0 Å². The van der Waals surface area contributed by atoms with Crippen LogP contribution >= 0.6 is 0 Å². The van der Waals surface area contributed by atoms with Gasteiger partial charge in [-0.15, -0.1) is 0 Å². The van der Waals surface area contributed by atoms with Crippen LogP contribution in [0, 0.1) is 13.8 Å². The Morgan fingerprint density at radius 1 is 1.07 bits per heavy atom. The van der Waals surface area contributed by atoms with Gasteiger partial charge in [-0.25, -0.2) is 9.97 Å². The van der Waals surface area contributed by atoms with E-state index in [0.717, 1.165) is 22.4 Å². The maximum atomic E-state index is 12.5. The fourth-order valence-electron chi connectivity index (χ4n) is 3.16. The van der Waals surface area contributed by atoms with Gasteiger partial charge in [0.15, 0.2) is 11.3 Å². The first-order valence-corrected chi connectivity index (χ1v) is 8.95. The highest BCUT2D eigenvalue weighted by Crippen LogP contribution is 2.25. The number of aryl methyl sites for hydroxylation is 3. The first-order valence-electron chi connectivity index (χ1n) is 8.95. The van der Waals surface area contributed by atoms with Crippen LogP contribution in [0.5, 0.6) is 0 Å². The molecule has 0 atom stereocenters. The van der Waals surface area contributed by atoms with E-state index >= 15 is 0 Å². The second-order valence-electron chi connectivity index (χ2n) is 6.63. The lowest BCUT2D eigenvalue weighted by Gasteiger charge is -2.26. The van der Waals surface area contributed by atoms with Gasteiger partial charge in [0.1, 0.15) is 11.3 Å². The Kier molecular flexibility index (Phi) is 4.49. The normalized spacial score (nSPS) is 14.6. The molecule has 4 rings (SSSR count). The van der Waals surface area contributed by atoms with E-state index in [2.05, 4.69) is 20.4 Å². The lowest BCUT2D eigenvalue weighted by atomic mass is 10.1. The molecular formula is C19H22N6O2. The van der Waals surface area contributed by atoms with Crippen molar-refractivity contribution < 1.29 is 9.53 Å². The number of amides is 1. The molecule has 0 spiro atoms. The highest BCUT2D eigenvalue weighted by atomic mass is 16.5. The predicted molar refractivity (Wildman–Crippen MR) is 102 cm³/mol.